The summed E-state index contributed by atoms with van der Waals surface area (Å²) in [6.45, 7) is 5.57. The van der Waals surface area contributed by atoms with E-state index in [1.165, 1.54) is 4.88 Å². The fraction of sp³-hybridized carbons (Fsp3) is 0.273. The van der Waals surface area contributed by atoms with Crippen molar-refractivity contribution in [3.05, 3.63) is 47.8 Å². The van der Waals surface area contributed by atoms with Gasteiger partial charge >= 0.3 is 0 Å². The van der Waals surface area contributed by atoms with Gasteiger partial charge in [0.15, 0.2) is 11.6 Å². The molecule has 4 N–H and O–H groups in total. The van der Waals surface area contributed by atoms with E-state index in [9.17, 15) is 0 Å². The van der Waals surface area contributed by atoms with Crippen LogP contribution in [0.1, 0.15) is 11.1 Å². The first-order valence-electron chi connectivity index (χ1n) is 10.1. The molecule has 158 valence electrons. The van der Waals surface area contributed by atoms with E-state index in [2.05, 4.69) is 33.9 Å². The standard InChI is InChI=1S/C22H23N7OS/c1-13-17-19(31-18(13)15-4-2-3-14(9-15)10-23)21(29-5-7-30-8-6-29)28-20(27-17)16-11-25-22(24)26-12-16/h2-4,9,11-12H,5-8,10,23H2,1H3,(H2,24,25,26). The molecule has 1 aromatic carbocycles. The van der Waals surface area contributed by atoms with Crippen LogP contribution in [0.25, 0.3) is 32.0 Å². The Kier molecular flexibility index (Phi) is 5.23. The van der Waals surface area contributed by atoms with Crippen molar-refractivity contribution in [3.63, 3.8) is 0 Å². The van der Waals surface area contributed by atoms with Crippen LogP contribution in [-0.4, -0.2) is 46.2 Å². The number of thiophene rings is 1. The Morgan fingerprint density at radius 3 is 2.61 bits per heavy atom. The second-order valence-electron chi connectivity index (χ2n) is 7.44. The Labute approximate surface area is 183 Å². The molecule has 0 unspecified atom stereocenters. The Balaban J connectivity index is 1.72. The van der Waals surface area contributed by atoms with E-state index in [1.54, 1.807) is 23.7 Å². The lowest BCUT2D eigenvalue weighted by atomic mass is 10.1. The van der Waals surface area contributed by atoms with Gasteiger partial charge in [-0.1, -0.05) is 18.2 Å². The number of fused-ring (bicyclic) bond motifs is 1. The van der Waals surface area contributed by atoms with E-state index in [4.69, 9.17) is 26.2 Å². The second-order valence-corrected chi connectivity index (χ2v) is 8.46. The summed E-state index contributed by atoms with van der Waals surface area (Å²) in [7, 11) is 0. The van der Waals surface area contributed by atoms with Gasteiger partial charge < -0.3 is 21.1 Å². The molecule has 0 atom stereocenters. The molecule has 1 aliphatic heterocycles. The predicted molar refractivity (Wildman–Crippen MR) is 124 cm³/mol. The highest BCUT2D eigenvalue weighted by atomic mass is 32.1. The van der Waals surface area contributed by atoms with Gasteiger partial charge in [0.25, 0.3) is 0 Å². The highest BCUT2D eigenvalue weighted by Gasteiger charge is 2.23. The first kappa shape index (κ1) is 19.8. The summed E-state index contributed by atoms with van der Waals surface area (Å²) in [5.74, 6) is 1.75. The zero-order chi connectivity index (χ0) is 21.4. The van der Waals surface area contributed by atoms with E-state index >= 15 is 0 Å². The molecular formula is C22H23N7OS. The molecule has 9 heteroatoms. The number of nitrogens with zero attached hydrogens (tertiary/aromatic N) is 5. The molecule has 8 nitrogen and oxygen atoms in total. The van der Waals surface area contributed by atoms with Crippen LogP contribution < -0.4 is 16.4 Å². The molecule has 0 bridgehead atoms. The van der Waals surface area contributed by atoms with Crippen molar-refractivity contribution in [1.29, 1.82) is 0 Å². The maximum atomic E-state index is 5.87. The maximum absolute atomic E-state index is 5.87. The van der Waals surface area contributed by atoms with Crippen LogP contribution in [0.2, 0.25) is 0 Å². The number of aryl methyl sites for hydroxylation is 1. The van der Waals surface area contributed by atoms with E-state index < -0.39 is 0 Å². The molecule has 0 radical (unpaired) electrons. The molecule has 1 aliphatic rings. The van der Waals surface area contributed by atoms with E-state index in [0.29, 0.717) is 25.6 Å². The molecular weight excluding hydrogens is 410 g/mol. The summed E-state index contributed by atoms with van der Waals surface area (Å²) in [5.41, 5.74) is 16.6. The fourth-order valence-corrected chi connectivity index (χ4v) is 5.02. The van der Waals surface area contributed by atoms with Gasteiger partial charge in [-0.05, 0) is 29.7 Å². The molecule has 31 heavy (non-hydrogen) atoms. The summed E-state index contributed by atoms with van der Waals surface area (Å²) in [6, 6.07) is 8.36. The quantitative estimate of drug-likeness (QED) is 0.505. The predicted octanol–water partition coefficient (Wildman–Crippen LogP) is 3.00. The van der Waals surface area contributed by atoms with Crippen molar-refractivity contribution in [1.82, 2.24) is 19.9 Å². The average molecular weight is 434 g/mol. The van der Waals surface area contributed by atoms with Crippen LogP contribution in [0.4, 0.5) is 11.8 Å². The summed E-state index contributed by atoms with van der Waals surface area (Å²) < 4.78 is 6.63. The van der Waals surface area contributed by atoms with Gasteiger partial charge in [0.05, 0.1) is 29.0 Å². The summed E-state index contributed by atoms with van der Waals surface area (Å²) in [6.07, 6.45) is 3.33. The third kappa shape index (κ3) is 3.71. The fourth-order valence-electron chi connectivity index (χ4n) is 3.76. The summed E-state index contributed by atoms with van der Waals surface area (Å²) in [5, 5.41) is 0. The maximum Gasteiger partial charge on any atom is 0.219 e. The molecule has 4 aromatic rings. The topological polar surface area (TPSA) is 116 Å². The van der Waals surface area contributed by atoms with Crippen molar-refractivity contribution < 1.29 is 4.74 Å². The van der Waals surface area contributed by atoms with E-state index in [0.717, 1.165) is 51.4 Å². The lowest BCUT2D eigenvalue weighted by Gasteiger charge is -2.28. The van der Waals surface area contributed by atoms with Gasteiger partial charge in [-0.25, -0.2) is 19.9 Å². The summed E-state index contributed by atoms with van der Waals surface area (Å²) in [4.78, 5) is 21.5. The first-order chi connectivity index (χ1) is 15.1. The smallest absolute Gasteiger partial charge is 0.219 e. The van der Waals surface area contributed by atoms with Crippen LogP contribution in [-0.2, 0) is 11.3 Å². The second kappa shape index (κ2) is 8.18. The molecule has 1 saturated heterocycles. The number of nitrogen functional groups attached to an aromatic ring is 1. The average Bonchev–Trinajstić information content (AvgIpc) is 3.16. The van der Waals surface area contributed by atoms with Crippen molar-refractivity contribution in [2.45, 2.75) is 13.5 Å². The molecule has 1 fully saturated rings. The van der Waals surface area contributed by atoms with E-state index in [-0.39, 0.29) is 5.95 Å². The SMILES string of the molecule is Cc1c(-c2cccc(CN)c2)sc2c(N3CCOCC3)nc(-c3cnc(N)nc3)nc12. The number of nitrogens with two attached hydrogens (primary N) is 2. The third-order valence-electron chi connectivity index (χ3n) is 5.41. The number of hydrogen-bond donors (Lipinski definition) is 2. The minimum absolute atomic E-state index is 0.229. The molecule has 0 saturated carbocycles. The highest BCUT2D eigenvalue weighted by molar-refractivity contribution is 7.23. The number of aromatic nitrogens is 4. The van der Waals surface area contributed by atoms with Crippen molar-refractivity contribution in [2.75, 3.05) is 36.9 Å². The monoisotopic (exact) mass is 433 g/mol. The molecule has 3 aromatic heterocycles. The largest absolute Gasteiger partial charge is 0.378 e. The van der Waals surface area contributed by atoms with Gasteiger partial charge in [0, 0.05) is 36.9 Å². The molecule has 5 rings (SSSR count). The highest BCUT2D eigenvalue weighted by Crippen LogP contribution is 2.42. The lowest BCUT2D eigenvalue weighted by molar-refractivity contribution is 0.122. The molecule has 4 heterocycles. The Morgan fingerprint density at radius 2 is 1.87 bits per heavy atom. The van der Waals surface area contributed by atoms with Crippen LogP contribution in [0.3, 0.4) is 0 Å². The van der Waals surface area contributed by atoms with Gasteiger partial charge in [-0.15, -0.1) is 11.3 Å². The van der Waals surface area contributed by atoms with Crippen LogP contribution in [0.15, 0.2) is 36.7 Å². The molecule has 0 amide bonds. The minimum Gasteiger partial charge on any atom is -0.378 e. The van der Waals surface area contributed by atoms with Crippen LogP contribution in [0, 0.1) is 6.92 Å². The van der Waals surface area contributed by atoms with Crippen LogP contribution >= 0.6 is 11.3 Å². The molecule has 0 spiro atoms. The zero-order valence-corrected chi connectivity index (χ0v) is 18.0. The number of rotatable bonds is 4. The molecule has 0 aliphatic carbocycles. The Hall–Kier alpha value is -3.14. The Morgan fingerprint density at radius 1 is 1.10 bits per heavy atom. The number of anilines is 2. The van der Waals surface area contributed by atoms with Gasteiger partial charge in [-0.2, -0.15) is 0 Å². The number of morpholine rings is 1. The number of ether oxygens (including phenoxy) is 1. The zero-order valence-electron chi connectivity index (χ0n) is 17.2. The number of benzene rings is 1. The lowest BCUT2D eigenvalue weighted by Crippen LogP contribution is -2.36. The number of hydrogen-bond acceptors (Lipinski definition) is 9. The van der Waals surface area contributed by atoms with Gasteiger partial charge in [0.1, 0.15) is 0 Å². The summed E-state index contributed by atoms with van der Waals surface area (Å²) >= 11 is 1.72. The van der Waals surface area contributed by atoms with Crippen molar-refractivity contribution in [2.24, 2.45) is 5.73 Å². The van der Waals surface area contributed by atoms with Crippen LogP contribution in [0.5, 0.6) is 0 Å². The first-order valence-corrected chi connectivity index (χ1v) is 11.0. The van der Waals surface area contributed by atoms with E-state index in [1.807, 2.05) is 12.1 Å². The third-order valence-corrected chi connectivity index (χ3v) is 6.74. The van der Waals surface area contributed by atoms with Crippen molar-refractivity contribution >= 4 is 33.3 Å². The minimum atomic E-state index is 0.229. The van der Waals surface area contributed by atoms with Gasteiger partial charge in [0.2, 0.25) is 5.95 Å². The normalized spacial score (nSPS) is 14.3. The van der Waals surface area contributed by atoms with Gasteiger partial charge in [-0.3, -0.25) is 0 Å². The Bertz CT molecular complexity index is 1230. The van der Waals surface area contributed by atoms with Crippen molar-refractivity contribution in [3.8, 4) is 21.8 Å².